The monoisotopic (exact) mass is 1410 g/mol. The van der Waals surface area contributed by atoms with Crippen molar-refractivity contribution in [2.24, 2.45) is 11.8 Å². The van der Waals surface area contributed by atoms with Crippen LogP contribution in [0.1, 0.15) is 401 Å². The third-order valence-corrected chi connectivity index (χ3v) is 19.9. The molecule has 96 heavy (non-hydrogen) atoms. The number of ether oxygens (including phenoxy) is 4. The molecule has 0 bridgehead atoms. The highest BCUT2D eigenvalue weighted by molar-refractivity contribution is 7.47. The normalized spacial score (nSPS) is 14.0. The van der Waals surface area contributed by atoms with E-state index in [0.29, 0.717) is 25.7 Å². The van der Waals surface area contributed by atoms with Gasteiger partial charge in [0.1, 0.15) is 19.3 Å². The lowest BCUT2D eigenvalue weighted by Gasteiger charge is -2.21. The molecule has 2 unspecified atom stereocenters. The maximum atomic E-state index is 13.1. The highest BCUT2D eigenvalue weighted by Gasteiger charge is 2.30. The summed E-state index contributed by atoms with van der Waals surface area (Å²) < 4.78 is 68.6. The van der Waals surface area contributed by atoms with Crippen LogP contribution in [0.15, 0.2) is 0 Å². The minimum atomic E-state index is -4.96. The molecule has 570 valence electrons. The number of aliphatic hydroxyl groups is 1. The number of carbonyl (C=O) groups excluding carboxylic acids is 4. The molecule has 0 radical (unpaired) electrons. The Morgan fingerprint density at radius 2 is 0.479 bits per heavy atom. The van der Waals surface area contributed by atoms with E-state index in [2.05, 4.69) is 41.5 Å². The number of hydrogen-bond donors (Lipinski definition) is 3. The van der Waals surface area contributed by atoms with Gasteiger partial charge in [0.05, 0.1) is 26.4 Å². The summed E-state index contributed by atoms with van der Waals surface area (Å²) in [6.07, 6.45) is 56.8. The summed E-state index contributed by atoms with van der Waals surface area (Å²) in [6.45, 7) is 9.61. The van der Waals surface area contributed by atoms with Crippen molar-refractivity contribution in [3.63, 3.8) is 0 Å². The van der Waals surface area contributed by atoms with Crippen LogP contribution < -0.4 is 0 Å². The number of phosphoric acid groups is 2. The van der Waals surface area contributed by atoms with Crippen LogP contribution in [-0.2, 0) is 65.4 Å². The van der Waals surface area contributed by atoms with Gasteiger partial charge in [-0.05, 0) is 37.5 Å². The summed E-state index contributed by atoms with van der Waals surface area (Å²) in [5.41, 5.74) is 0. The molecular formula is C77H150O17P2. The van der Waals surface area contributed by atoms with Crippen molar-refractivity contribution in [3.05, 3.63) is 0 Å². The zero-order valence-electron chi connectivity index (χ0n) is 62.7. The fraction of sp³-hybridized carbons (Fsp3) is 0.948. The average Bonchev–Trinajstić information content (AvgIpc) is 1.57. The second kappa shape index (κ2) is 68.8. The van der Waals surface area contributed by atoms with Crippen molar-refractivity contribution >= 4 is 39.5 Å². The van der Waals surface area contributed by atoms with Gasteiger partial charge in [0, 0.05) is 25.7 Å². The molecule has 0 aromatic carbocycles. The quantitative estimate of drug-likeness (QED) is 0.0222. The number of esters is 4. The van der Waals surface area contributed by atoms with E-state index in [1.165, 1.54) is 218 Å². The summed E-state index contributed by atoms with van der Waals surface area (Å²) in [4.78, 5) is 72.9. The molecule has 0 amide bonds. The van der Waals surface area contributed by atoms with E-state index in [1.54, 1.807) is 0 Å². The summed E-state index contributed by atoms with van der Waals surface area (Å²) in [6, 6.07) is 0. The van der Waals surface area contributed by atoms with Crippen LogP contribution in [0.5, 0.6) is 0 Å². The predicted octanol–water partition coefficient (Wildman–Crippen LogP) is 22.7. The molecule has 0 heterocycles. The maximum absolute atomic E-state index is 13.1. The van der Waals surface area contributed by atoms with Crippen LogP contribution in [0.3, 0.4) is 0 Å². The maximum Gasteiger partial charge on any atom is 0.472 e. The molecule has 0 aromatic rings. The Morgan fingerprint density at radius 3 is 0.708 bits per heavy atom. The Morgan fingerprint density at radius 1 is 0.281 bits per heavy atom. The van der Waals surface area contributed by atoms with Crippen LogP contribution in [0.25, 0.3) is 0 Å². The molecule has 0 saturated carbocycles. The molecule has 0 aliphatic carbocycles. The number of aliphatic hydroxyl groups excluding tert-OH is 1. The number of rotatable bonds is 76. The van der Waals surface area contributed by atoms with Crippen molar-refractivity contribution in [1.29, 1.82) is 0 Å². The standard InChI is InChI=1S/C77H150O17P2/c1-7-9-11-13-15-17-19-20-22-26-30-36-42-48-54-60-75(80)88-65-72(93-76(81)61-55-49-43-37-31-27-24-21-23-25-29-33-39-45-51-57-69(3)4)67-91-95(83,84)89-63-71(78)64-90-96(85,86)92-68-73(66-87-74(79)59-53-47-41-35-28-18-16-14-12-10-8-2)94-77(82)62-56-50-44-38-32-34-40-46-52-58-70(5)6/h69-73,78H,7-68H2,1-6H3,(H,83,84)(H,85,86)/t71-,72-,73-/m1/s1. The van der Waals surface area contributed by atoms with Crippen molar-refractivity contribution < 1.29 is 80.2 Å². The zero-order chi connectivity index (χ0) is 70.7. The summed E-state index contributed by atoms with van der Waals surface area (Å²) in [5, 5.41) is 10.6. The minimum absolute atomic E-state index is 0.106. The topological polar surface area (TPSA) is 237 Å². The van der Waals surface area contributed by atoms with Gasteiger partial charge < -0.3 is 33.8 Å². The third kappa shape index (κ3) is 70.5. The molecule has 0 saturated heterocycles. The first-order valence-corrected chi connectivity index (χ1v) is 43.0. The Bertz CT molecular complexity index is 1860. The lowest BCUT2D eigenvalue weighted by atomic mass is 10.0. The fourth-order valence-electron chi connectivity index (χ4n) is 11.8. The fourth-order valence-corrected chi connectivity index (χ4v) is 13.4. The summed E-state index contributed by atoms with van der Waals surface area (Å²) >= 11 is 0. The molecule has 0 fully saturated rings. The molecule has 0 spiro atoms. The van der Waals surface area contributed by atoms with Gasteiger partial charge in [-0.3, -0.25) is 37.3 Å². The average molecular weight is 1410 g/mol. The van der Waals surface area contributed by atoms with Crippen LogP contribution in [0.4, 0.5) is 0 Å². The largest absolute Gasteiger partial charge is 0.472 e. The van der Waals surface area contributed by atoms with Crippen LogP contribution >= 0.6 is 15.6 Å². The first-order chi connectivity index (χ1) is 46.4. The van der Waals surface area contributed by atoms with E-state index in [4.69, 9.17) is 37.0 Å². The summed E-state index contributed by atoms with van der Waals surface area (Å²) in [5.74, 6) is -0.574. The number of unbranched alkanes of at least 4 members (excludes halogenated alkanes) is 46. The third-order valence-electron chi connectivity index (χ3n) is 18.0. The van der Waals surface area contributed by atoms with E-state index in [-0.39, 0.29) is 25.7 Å². The Labute approximate surface area is 588 Å². The summed E-state index contributed by atoms with van der Waals surface area (Å²) in [7, 11) is -9.91. The molecule has 0 rings (SSSR count). The Kier molecular flexibility index (Phi) is 67.4. The minimum Gasteiger partial charge on any atom is -0.462 e. The molecule has 19 heteroatoms. The second-order valence-corrected chi connectivity index (χ2v) is 31.6. The molecule has 0 aliphatic heterocycles. The van der Waals surface area contributed by atoms with Gasteiger partial charge in [-0.25, -0.2) is 9.13 Å². The second-order valence-electron chi connectivity index (χ2n) is 28.7. The first-order valence-electron chi connectivity index (χ1n) is 40.0. The molecule has 17 nitrogen and oxygen atoms in total. The predicted molar refractivity (Wildman–Crippen MR) is 391 cm³/mol. The highest BCUT2D eigenvalue weighted by atomic mass is 31.2. The van der Waals surface area contributed by atoms with Gasteiger partial charge in [0.2, 0.25) is 0 Å². The highest BCUT2D eigenvalue weighted by Crippen LogP contribution is 2.45. The zero-order valence-corrected chi connectivity index (χ0v) is 64.5. The van der Waals surface area contributed by atoms with Crippen molar-refractivity contribution in [2.75, 3.05) is 39.6 Å². The molecule has 0 aliphatic rings. The smallest absolute Gasteiger partial charge is 0.462 e. The van der Waals surface area contributed by atoms with E-state index in [0.717, 1.165) is 102 Å². The van der Waals surface area contributed by atoms with Gasteiger partial charge in [-0.2, -0.15) is 0 Å². The Hall–Kier alpha value is -1.94. The van der Waals surface area contributed by atoms with Gasteiger partial charge in [0.15, 0.2) is 12.2 Å². The van der Waals surface area contributed by atoms with E-state index in [1.807, 2.05) is 0 Å². The van der Waals surface area contributed by atoms with Gasteiger partial charge in [-0.1, -0.05) is 350 Å². The molecular weight excluding hydrogens is 1260 g/mol. The van der Waals surface area contributed by atoms with Crippen LogP contribution in [-0.4, -0.2) is 96.7 Å². The first kappa shape index (κ1) is 94.1. The SMILES string of the molecule is CCCCCCCCCCCCCCCCCC(=O)OC[C@H](COP(=O)(O)OC[C@@H](O)COP(=O)(O)OC[C@@H](COC(=O)CCCCCCCCCCCCC)OC(=O)CCCCCCCCCCCC(C)C)OC(=O)CCCCCCCCCCCCCCCCCC(C)C. The molecule has 3 N–H and O–H groups in total. The lowest BCUT2D eigenvalue weighted by molar-refractivity contribution is -0.161. The number of hydrogen-bond acceptors (Lipinski definition) is 15. The van der Waals surface area contributed by atoms with Gasteiger partial charge >= 0.3 is 39.5 Å². The van der Waals surface area contributed by atoms with Gasteiger partial charge in [0.25, 0.3) is 0 Å². The molecule has 5 atom stereocenters. The molecule has 0 aromatic heterocycles. The van der Waals surface area contributed by atoms with Crippen LogP contribution in [0.2, 0.25) is 0 Å². The number of carbonyl (C=O) groups is 4. The number of phosphoric ester groups is 2. The Balaban J connectivity index is 5.24. The van der Waals surface area contributed by atoms with Crippen molar-refractivity contribution in [2.45, 2.75) is 419 Å². The van der Waals surface area contributed by atoms with Crippen molar-refractivity contribution in [1.82, 2.24) is 0 Å². The van der Waals surface area contributed by atoms with E-state index < -0.39 is 97.5 Å². The van der Waals surface area contributed by atoms with Gasteiger partial charge in [-0.15, -0.1) is 0 Å². The van der Waals surface area contributed by atoms with E-state index in [9.17, 15) is 43.2 Å². The van der Waals surface area contributed by atoms with E-state index >= 15 is 0 Å². The van der Waals surface area contributed by atoms with Crippen molar-refractivity contribution in [3.8, 4) is 0 Å². The van der Waals surface area contributed by atoms with Crippen LogP contribution in [0, 0.1) is 11.8 Å². The lowest BCUT2D eigenvalue weighted by Crippen LogP contribution is -2.30.